The minimum atomic E-state index is 0.394. The van der Waals surface area contributed by atoms with Crippen LogP contribution in [0, 0.1) is 5.92 Å². The second kappa shape index (κ2) is 7.48. The zero-order valence-electron chi connectivity index (χ0n) is 18.0. The lowest BCUT2D eigenvalue weighted by Crippen LogP contribution is -2.16. The van der Waals surface area contributed by atoms with Crippen molar-refractivity contribution in [2.75, 3.05) is 5.73 Å². The van der Waals surface area contributed by atoms with Crippen LogP contribution in [0.5, 0.6) is 0 Å². The van der Waals surface area contributed by atoms with Crippen LogP contribution in [-0.2, 0) is 0 Å². The van der Waals surface area contributed by atoms with E-state index in [-0.39, 0.29) is 0 Å². The molecular weight excluding hydrogens is 398 g/mol. The third-order valence-electron chi connectivity index (χ3n) is 6.81. The van der Waals surface area contributed by atoms with E-state index in [2.05, 4.69) is 46.0 Å². The Kier molecular flexibility index (Phi) is 4.45. The normalized spacial score (nSPS) is 19.0. The van der Waals surface area contributed by atoms with Crippen LogP contribution >= 0.6 is 0 Å². The van der Waals surface area contributed by atoms with Crippen LogP contribution in [0.4, 0.5) is 5.82 Å². The van der Waals surface area contributed by atoms with Gasteiger partial charge in [-0.15, -0.1) is 0 Å². The highest BCUT2D eigenvalue weighted by molar-refractivity contribution is 6.03. The molecule has 1 aliphatic rings. The zero-order valence-corrected chi connectivity index (χ0v) is 18.0. The largest absolute Gasteiger partial charge is 0.452 e. The van der Waals surface area contributed by atoms with Gasteiger partial charge in [0.05, 0.1) is 12.2 Å². The van der Waals surface area contributed by atoms with Crippen molar-refractivity contribution < 1.29 is 4.42 Å². The molecule has 1 fully saturated rings. The van der Waals surface area contributed by atoms with Crippen LogP contribution in [0.1, 0.15) is 38.6 Å². The van der Waals surface area contributed by atoms with Gasteiger partial charge in [0.25, 0.3) is 0 Å². The molecule has 6 rings (SSSR count). The quantitative estimate of drug-likeness (QED) is 0.371. The molecule has 0 amide bonds. The summed E-state index contributed by atoms with van der Waals surface area (Å²) in [6.07, 6.45) is 14.5. The Morgan fingerprint density at radius 1 is 1.00 bits per heavy atom. The fraction of sp³-hybridized carbons (Fsp3) is 0.269. The summed E-state index contributed by atoms with van der Waals surface area (Å²) in [7, 11) is 0. The summed E-state index contributed by atoms with van der Waals surface area (Å²) in [4.78, 5) is 8.65. The topological polar surface area (TPSA) is 82.8 Å². The van der Waals surface area contributed by atoms with Gasteiger partial charge in [-0.05, 0) is 49.1 Å². The number of aromatic nitrogens is 4. The fourth-order valence-corrected chi connectivity index (χ4v) is 4.93. The Balaban J connectivity index is 1.44. The zero-order chi connectivity index (χ0) is 21.7. The molecule has 160 valence electrons. The third kappa shape index (κ3) is 3.14. The number of anilines is 1. The molecule has 0 saturated heterocycles. The summed E-state index contributed by atoms with van der Waals surface area (Å²) in [5.41, 5.74) is 9.86. The summed E-state index contributed by atoms with van der Waals surface area (Å²) in [5, 5.41) is 7.81. The van der Waals surface area contributed by atoms with E-state index in [1.54, 1.807) is 6.20 Å². The van der Waals surface area contributed by atoms with E-state index >= 15 is 0 Å². The average Bonchev–Trinajstić information content (AvgIpc) is 3.48. The SMILES string of the molecule is CC1CCC(n2cc(-c3cnc(N)c4oc(-c5cccc6cnccc56)cc34)cn2)CC1. The smallest absolute Gasteiger partial charge is 0.177 e. The van der Waals surface area contributed by atoms with Crippen molar-refractivity contribution in [2.45, 2.75) is 38.6 Å². The van der Waals surface area contributed by atoms with Crippen molar-refractivity contribution in [3.8, 4) is 22.5 Å². The second-order valence-corrected chi connectivity index (χ2v) is 8.94. The molecule has 4 heterocycles. The third-order valence-corrected chi connectivity index (χ3v) is 6.81. The van der Waals surface area contributed by atoms with E-state index in [1.807, 2.05) is 30.7 Å². The van der Waals surface area contributed by atoms with Gasteiger partial charge in [0, 0.05) is 52.3 Å². The highest BCUT2D eigenvalue weighted by Crippen LogP contribution is 2.39. The van der Waals surface area contributed by atoms with E-state index in [0.29, 0.717) is 17.4 Å². The number of furan rings is 1. The van der Waals surface area contributed by atoms with E-state index < -0.39 is 0 Å². The number of pyridine rings is 2. The van der Waals surface area contributed by atoms with Crippen molar-refractivity contribution in [2.24, 2.45) is 5.92 Å². The molecule has 32 heavy (non-hydrogen) atoms. The van der Waals surface area contributed by atoms with Gasteiger partial charge in [-0.3, -0.25) is 9.67 Å². The van der Waals surface area contributed by atoms with Crippen molar-refractivity contribution >= 4 is 27.6 Å². The van der Waals surface area contributed by atoms with Crippen LogP contribution < -0.4 is 5.73 Å². The first-order valence-corrected chi connectivity index (χ1v) is 11.2. The predicted octanol–water partition coefficient (Wildman–Crippen LogP) is 6.24. The van der Waals surface area contributed by atoms with Crippen molar-refractivity contribution in [1.29, 1.82) is 0 Å². The molecule has 1 aromatic carbocycles. The maximum Gasteiger partial charge on any atom is 0.177 e. The van der Waals surface area contributed by atoms with Gasteiger partial charge in [0.15, 0.2) is 11.4 Å². The Hall–Kier alpha value is -3.67. The highest BCUT2D eigenvalue weighted by Gasteiger charge is 2.22. The summed E-state index contributed by atoms with van der Waals surface area (Å²) in [5.74, 6) is 1.98. The number of nitrogens with two attached hydrogens (primary N) is 1. The summed E-state index contributed by atoms with van der Waals surface area (Å²) in [6.45, 7) is 2.34. The maximum atomic E-state index is 6.25. The number of fused-ring (bicyclic) bond motifs is 2. The Morgan fingerprint density at radius 3 is 2.75 bits per heavy atom. The van der Waals surface area contributed by atoms with Gasteiger partial charge in [-0.2, -0.15) is 5.10 Å². The monoisotopic (exact) mass is 423 g/mol. The van der Waals surface area contributed by atoms with E-state index in [4.69, 9.17) is 15.2 Å². The lowest BCUT2D eigenvalue weighted by Gasteiger charge is -2.26. The maximum absolute atomic E-state index is 6.25. The molecule has 6 heteroatoms. The summed E-state index contributed by atoms with van der Waals surface area (Å²) >= 11 is 0. The second-order valence-electron chi connectivity index (χ2n) is 8.94. The number of nitrogen functional groups attached to an aromatic ring is 1. The number of nitrogens with zero attached hydrogens (tertiary/aromatic N) is 4. The first-order chi connectivity index (χ1) is 15.7. The molecule has 0 radical (unpaired) electrons. The van der Waals surface area contributed by atoms with Gasteiger partial charge >= 0.3 is 0 Å². The minimum Gasteiger partial charge on any atom is -0.452 e. The van der Waals surface area contributed by atoms with Gasteiger partial charge in [0.2, 0.25) is 0 Å². The van der Waals surface area contributed by atoms with E-state index in [9.17, 15) is 0 Å². The van der Waals surface area contributed by atoms with Gasteiger partial charge in [-0.25, -0.2) is 4.98 Å². The van der Waals surface area contributed by atoms with E-state index in [1.165, 1.54) is 25.7 Å². The first-order valence-electron chi connectivity index (χ1n) is 11.2. The molecule has 1 saturated carbocycles. The Labute approximate surface area is 186 Å². The van der Waals surface area contributed by atoms with Gasteiger partial charge in [0.1, 0.15) is 5.76 Å². The number of rotatable bonds is 3. The van der Waals surface area contributed by atoms with Gasteiger partial charge in [-0.1, -0.05) is 25.1 Å². The first kappa shape index (κ1) is 19.0. The molecule has 0 atom stereocenters. The number of hydrogen-bond acceptors (Lipinski definition) is 5. The van der Waals surface area contributed by atoms with Crippen LogP contribution in [0.25, 0.3) is 44.2 Å². The van der Waals surface area contributed by atoms with Gasteiger partial charge < -0.3 is 10.2 Å². The predicted molar refractivity (Wildman–Crippen MR) is 127 cm³/mol. The highest BCUT2D eigenvalue weighted by atomic mass is 16.3. The Morgan fingerprint density at radius 2 is 1.88 bits per heavy atom. The fourth-order valence-electron chi connectivity index (χ4n) is 4.93. The summed E-state index contributed by atoms with van der Waals surface area (Å²) in [6, 6.07) is 10.7. The Bertz CT molecular complexity index is 1420. The molecule has 0 unspecified atom stereocenters. The average molecular weight is 424 g/mol. The molecule has 0 aliphatic heterocycles. The van der Waals surface area contributed by atoms with Crippen molar-refractivity contribution in [3.05, 3.63) is 61.3 Å². The van der Waals surface area contributed by atoms with Crippen LogP contribution in [0.3, 0.4) is 0 Å². The van der Waals surface area contributed by atoms with Crippen LogP contribution in [0.2, 0.25) is 0 Å². The van der Waals surface area contributed by atoms with Crippen molar-refractivity contribution in [3.63, 3.8) is 0 Å². The molecule has 5 aromatic rings. The lowest BCUT2D eigenvalue weighted by atomic mass is 9.87. The molecule has 4 aromatic heterocycles. The van der Waals surface area contributed by atoms with Crippen LogP contribution in [-0.4, -0.2) is 19.7 Å². The lowest BCUT2D eigenvalue weighted by molar-refractivity contribution is 0.274. The molecular formula is C26H25N5O. The van der Waals surface area contributed by atoms with Crippen LogP contribution in [0.15, 0.2) is 65.7 Å². The standard InChI is InChI=1S/C26H25N5O/c1-16-5-7-19(8-6-16)31-15-18(13-30-31)23-14-29-26(27)25-22(23)11-24(32-25)21-4-2-3-17-12-28-10-9-20(17)21/h2-4,9-16,19H,5-8H2,1H3,(H2,27,29). The molecule has 1 aliphatic carbocycles. The number of benzene rings is 1. The summed E-state index contributed by atoms with van der Waals surface area (Å²) < 4.78 is 8.38. The number of hydrogen-bond donors (Lipinski definition) is 1. The minimum absolute atomic E-state index is 0.394. The van der Waals surface area contributed by atoms with Crippen molar-refractivity contribution in [1.82, 2.24) is 19.7 Å². The molecule has 0 bridgehead atoms. The molecule has 2 N–H and O–H groups in total. The van der Waals surface area contributed by atoms with E-state index in [0.717, 1.165) is 44.5 Å². The molecule has 0 spiro atoms. The molecule has 6 nitrogen and oxygen atoms in total.